The molecule has 8 nitrogen and oxygen atoms in total. The molecule has 0 saturated carbocycles. The molecule has 0 aliphatic heterocycles. The van der Waals surface area contributed by atoms with E-state index in [-0.39, 0.29) is 23.6 Å². The molecule has 4 rings (SSSR count). The van der Waals surface area contributed by atoms with Crippen LogP contribution < -0.4 is 10.4 Å². The summed E-state index contributed by atoms with van der Waals surface area (Å²) in [7, 11) is 0. The van der Waals surface area contributed by atoms with Crippen molar-refractivity contribution in [2.24, 2.45) is 0 Å². The van der Waals surface area contributed by atoms with Crippen molar-refractivity contribution in [3.63, 3.8) is 0 Å². The lowest BCUT2D eigenvalue weighted by molar-refractivity contribution is -0.302. The van der Waals surface area contributed by atoms with Gasteiger partial charge in [0.05, 0.1) is 5.52 Å². The lowest BCUT2D eigenvalue weighted by Crippen LogP contribution is -2.12. The van der Waals surface area contributed by atoms with E-state index in [0.717, 1.165) is 4.73 Å². The molecular formula is C22H14FN4O4-. The van der Waals surface area contributed by atoms with Crippen LogP contribution in [0.4, 0.5) is 10.2 Å². The number of imidazole rings is 1. The number of anilines is 1. The maximum Gasteiger partial charge on any atom is 0.256 e. The minimum atomic E-state index is -0.689. The van der Waals surface area contributed by atoms with E-state index in [0.29, 0.717) is 22.2 Å². The van der Waals surface area contributed by atoms with Crippen LogP contribution in [0.5, 0.6) is 0 Å². The maximum absolute atomic E-state index is 13.0. The van der Waals surface area contributed by atoms with Crippen LogP contribution in [-0.2, 0) is 11.2 Å². The summed E-state index contributed by atoms with van der Waals surface area (Å²) >= 11 is 0. The van der Waals surface area contributed by atoms with Gasteiger partial charge in [-0.2, -0.15) is 4.73 Å². The van der Waals surface area contributed by atoms with Crippen molar-refractivity contribution in [3.05, 3.63) is 83.5 Å². The van der Waals surface area contributed by atoms with E-state index >= 15 is 0 Å². The van der Waals surface area contributed by atoms with Crippen LogP contribution >= 0.6 is 0 Å². The summed E-state index contributed by atoms with van der Waals surface area (Å²) in [5.74, 6) is 0.223. The molecule has 0 saturated heterocycles. The summed E-state index contributed by atoms with van der Waals surface area (Å²) in [5, 5.41) is 24.4. The Morgan fingerprint density at radius 2 is 1.94 bits per heavy atom. The third-order valence-corrected chi connectivity index (χ3v) is 4.54. The highest BCUT2D eigenvalue weighted by Crippen LogP contribution is 2.25. The molecule has 2 heterocycles. The second-order valence-electron chi connectivity index (χ2n) is 6.67. The molecular weight excluding hydrogens is 403 g/mol. The van der Waals surface area contributed by atoms with Gasteiger partial charge in [-0.05, 0) is 66.3 Å². The van der Waals surface area contributed by atoms with Crippen LogP contribution in [-0.4, -0.2) is 31.8 Å². The Bertz CT molecular complexity index is 1320. The second kappa shape index (κ2) is 8.10. The van der Waals surface area contributed by atoms with Crippen molar-refractivity contribution in [2.75, 3.05) is 5.32 Å². The Hall–Kier alpha value is -4.49. The molecule has 0 aliphatic carbocycles. The van der Waals surface area contributed by atoms with Gasteiger partial charge in [0, 0.05) is 17.3 Å². The molecule has 2 N–H and O–H groups in total. The summed E-state index contributed by atoms with van der Waals surface area (Å²) in [6, 6.07) is 13.1. The average Bonchev–Trinajstić information content (AvgIpc) is 3.10. The predicted octanol–water partition coefficient (Wildman–Crippen LogP) is 2.35. The fourth-order valence-electron chi connectivity index (χ4n) is 3.02. The van der Waals surface area contributed by atoms with Crippen LogP contribution in [0, 0.1) is 5.82 Å². The molecule has 0 atom stereocenters. The number of carbonyl (C=O) groups excluding carboxylic acids is 2. The lowest BCUT2D eigenvalue weighted by atomic mass is 10.1. The van der Waals surface area contributed by atoms with Crippen molar-refractivity contribution in [3.8, 4) is 11.4 Å². The Labute approximate surface area is 174 Å². The van der Waals surface area contributed by atoms with Gasteiger partial charge in [0.15, 0.2) is 5.82 Å². The number of fused-ring (bicyclic) bond motifs is 1. The molecule has 9 heteroatoms. The Kier molecular flexibility index (Phi) is 5.17. The number of benzene rings is 2. The van der Waals surface area contributed by atoms with E-state index in [1.165, 1.54) is 36.4 Å². The normalized spacial score (nSPS) is 10.6. The first-order chi connectivity index (χ1) is 14.9. The van der Waals surface area contributed by atoms with Gasteiger partial charge >= 0.3 is 0 Å². The van der Waals surface area contributed by atoms with Gasteiger partial charge in [-0.15, -0.1) is 0 Å². The van der Waals surface area contributed by atoms with E-state index in [1.54, 1.807) is 30.3 Å². The Balaban J connectivity index is 1.57. The van der Waals surface area contributed by atoms with E-state index in [4.69, 9.17) is 0 Å². The van der Waals surface area contributed by atoms with Gasteiger partial charge in [0.25, 0.3) is 5.91 Å². The van der Waals surface area contributed by atoms with Gasteiger partial charge in [-0.1, -0.05) is 6.07 Å². The minimum absolute atomic E-state index is 0.121. The van der Waals surface area contributed by atoms with Gasteiger partial charge in [-0.3, -0.25) is 4.79 Å². The van der Waals surface area contributed by atoms with Gasteiger partial charge in [0.1, 0.15) is 23.1 Å². The zero-order chi connectivity index (χ0) is 22.0. The monoisotopic (exact) mass is 417 g/mol. The molecule has 0 bridgehead atoms. The fraction of sp³-hybridized carbons (Fsp3) is 0.0455. The molecule has 2 aromatic heterocycles. The number of amides is 1. The highest BCUT2D eigenvalue weighted by Gasteiger charge is 2.14. The number of halogens is 1. The zero-order valence-corrected chi connectivity index (χ0v) is 15.9. The number of aromatic nitrogens is 3. The maximum atomic E-state index is 13.0. The molecule has 0 spiro atoms. The first-order valence-corrected chi connectivity index (χ1v) is 9.09. The quantitative estimate of drug-likeness (QED) is 0.292. The molecule has 0 unspecified atom stereocenters. The van der Waals surface area contributed by atoms with Gasteiger partial charge < -0.3 is 15.6 Å². The van der Waals surface area contributed by atoms with Gasteiger partial charge in [0.2, 0.25) is 0 Å². The minimum Gasteiger partial charge on any atom is -0.867 e. The molecule has 0 radical (unpaired) electrons. The van der Waals surface area contributed by atoms with E-state index in [1.807, 2.05) is 0 Å². The molecule has 31 heavy (non-hydrogen) atoms. The molecule has 1 amide bonds. The predicted molar refractivity (Wildman–Crippen MR) is 107 cm³/mol. The number of allylic oxidation sites excluding steroid dienone is 1. The Morgan fingerprint density at radius 3 is 2.61 bits per heavy atom. The van der Waals surface area contributed by atoms with Crippen LogP contribution in [0.25, 0.3) is 22.4 Å². The number of rotatable bonds is 5. The Morgan fingerprint density at radius 1 is 1.16 bits per heavy atom. The number of nitrogens with zero attached hydrogens (tertiary/aromatic N) is 3. The smallest absolute Gasteiger partial charge is 0.256 e. The second-order valence-corrected chi connectivity index (χ2v) is 6.67. The third-order valence-electron chi connectivity index (χ3n) is 4.54. The first kappa shape index (κ1) is 19.8. The summed E-state index contributed by atoms with van der Waals surface area (Å²) in [4.78, 5) is 31.1. The third kappa shape index (κ3) is 4.12. The van der Waals surface area contributed by atoms with E-state index in [2.05, 4.69) is 15.3 Å². The van der Waals surface area contributed by atoms with Crippen LogP contribution in [0.2, 0.25) is 0 Å². The van der Waals surface area contributed by atoms with Crippen LogP contribution in [0.15, 0.2) is 66.6 Å². The molecule has 154 valence electrons. The number of carbonyl (C=O) groups is 1. The molecule has 4 aromatic rings. The van der Waals surface area contributed by atoms with Gasteiger partial charge in [-0.25, -0.2) is 19.2 Å². The summed E-state index contributed by atoms with van der Waals surface area (Å²) < 4.78 is 13.8. The number of hydrogen-bond acceptors (Lipinski definition) is 6. The largest absolute Gasteiger partial charge is 0.867 e. The zero-order valence-electron chi connectivity index (χ0n) is 15.9. The fourth-order valence-corrected chi connectivity index (χ4v) is 3.02. The van der Waals surface area contributed by atoms with Crippen molar-refractivity contribution < 1.29 is 24.3 Å². The highest BCUT2D eigenvalue weighted by atomic mass is 19.1. The number of nitrogens with one attached hydrogen (secondary N) is 1. The van der Waals surface area contributed by atoms with Crippen LogP contribution in [0.3, 0.4) is 0 Å². The van der Waals surface area contributed by atoms with Crippen LogP contribution in [0.1, 0.15) is 15.9 Å². The summed E-state index contributed by atoms with van der Waals surface area (Å²) in [5.41, 5.74) is 2.15. The number of pyridine rings is 1. The standard InChI is InChI=1S/C22H15FN4O4/c23-16-5-2-14(3-6-16)22(30)26-20-8-4-15(11-24-20)21-25-18-7-1-13(9-17(29)12-28)10-19(18)27(21)31/h1-8,10-11,29,31H,9H2,(H,24,26,30)/p-1. The molecule has 0 aliphatic rings. The van der Waals surface area contributed by atoms with E-state index < -0.39 is 17.5 Å². The molecule has 2 aromatic carbocycles. The summed E-state index contributed by atoms with van der Waals surface area (Å²) in [6.45, 7) is 0. The lowest BCUT2D eigenvalue weighted by Gasteiger charge is -2.07. The van der Waals surface area contributed by atoms with Crippen molar-refractivity contribution in [1.29, 1.82) is 0 Å². The number of hydrogen-bond donors (Lipinski definition) is 2. The first-order valence-electron chi connectivity index (χ1n) is 9.09. The van der Waals surface area contributed by atoms with Crippen molar-refractivity contribution in [1.82, 2.24) is 14.7 Å². The van der Waals surface area contributed by atoms with E-state index in [9.17, 15) is 24.3 Å². The van der Waals surface area contributed by atoms with Crippen molar-refractivity contribution in [2.45, 2.75) is 6.42 Å². The summed E-state index contributed by atoms with van der Waals surface area (Å²) in [6.07, 6.45) is 1.31. The SMILES string of the molecule is O=C=C([O-])Cc1ccc2nc(-c3ccc(NC(=O)c4ccc(F)cc4)nc3)n(O)c2c1. The average molecular weight is 417 g/mol. The van der Waals surface area contributed by atoms with Crippen molar-refractivity contribution >= 4 is 28.7 Å². The molecule has 0 fully saturated rings. The highest BCUT2D eigenvalue weighted by molar-refractivity contribution is 6.03. The topological polar surface area (TPSA) is 120 Å².